The van der Waals surface area contributed by atoms with E-state index in [0.29, 0.717) is 0 Å². The van der Waals surface area contributed by atoms with E-state index in [1.807, 2.05) is 0 Å². The minimum Gasteiger partial charge on any atom is -1.00 e. The summed E-state index contributed by atoms with van der Waals surface area (Å²) in [4.78, 5) is 0. The summed E-state index contributed by atoms with van der Waals surface area (Å²) >= 11 is 0. The van der Waals surface area contributed by atoms with Crippen LogP contribution >= 0.6 is 0 Å². The van der Waals surface area contributed by atoms with Crippen LogP contribution in [0, 0.1) is 0 Å². The first-order valence-corrected chi connectivity index (χ1v) is 2.00. The Morgan fingerprint density at radius 1 is 1.50 bits per heavy atom. The number of hydrogen-bond donors (Lipinski definition) is 0. The summed E-state index contributed by atoms with van der Waals surface area (Å²) in [5.74, 6) is 0. The van der Waals surface area contributed by atoms with Gasteiger partial charge in [-0.25, -0.2) is 0 Å². The molecule has 0 aliphatic rings. The maximum absolute atomic E-state index is 8.52. The Balaban J connectivity index is -0.000000000667. The zero-order valence-corrected chi connectivity index (χ0v) is 4.59. The smallest absolute Gasteiger partial charge is 1.00 e. The molecule has 62 valence electrons. The summed E-state index contributed by atoms with van der Waals surface area (Å²) in [7, 11) is -5.17. The van der Waals surface area contributed by atoms with Crippen molar-refractivity contribution in [1.29, 1.82) is 0 Å². The molecule has 0 amide bonds. The first-order chi connectivity index (χ1) is 2.00. The summed E-state index contributed by atoms with van der Waals surface area (Å²) in [6, 6.07) is 0. The van der Waals surface area contributed by atoms with E-state index in [2.05, 4.69) is 0 Å². The Kier molecular flexibility index (Phi) is 4.10. The van der Waals surface area contributed by atoms with Gasteiger partial charge in [-0.2, -0.15) is 0 Å². The molecule has 0 aromatic rings. The van der Waals surface area contributed by atoms with Gasteiger partial charge in [0.1, 0.15) is 0 Å². The maximum atomic E-state index is 8.52. The van der Waals surface area contributed by atoms with Gasteiger partial charge in [0, 0.05) is 30.4 Å². The van der Waals surface area contributed by atoms with Crippen LogP contribution in [0.15, 0.2) is 0 Å². The molecule has 6 heteroatoms. The molecule has 0 N–H and O–H groups in total. The van der Waals surface area contributed by atoms with E-state index in [1.54, 1.807) is 0 Å². The van der Waals surface area contributed by atoms with Crippen molar-refractivity contribution in [3.8, 4) is 0 Å². The zero-order valence-electron chi connectivity index (χ0n) is 3.62. The van der Waals surface area contributed by atoms with Crippen LogP contribution in [0.5, 0.6) is 0 Å². The van der Waals surface area contributed by atoms with Crippen molar-refractivity contribution in [3.63, 3.8) is 0 Å². The van der Waals surface area contributed by atoms with Crippen LogP contribution in [-0.2, 0) is 10.4 Å². The van der Waals surface area contributed by atoms with Crippen LogP contribution in [-0.4, -0.2) is 34.9 Å². The van der Waals surface area contributed by atoms with Gasteiger partial charge in [0.25, 0.3) is 0 Å². The molecule has 4 nitrogen and oxygen atoms in total. The van der Waals surface area contributed by atoms with Gasteiger partial charge in [-0.05, 0) is 0 Å². The predicted molar refractivity (Wildman–Crippen MR) is 46.9 cm³/mol. The molecule has 0 spiro atoms. The third-order valence-electron chi connectivity index (χ3n) is 0. The van der Waals surface area contributed by atoms with Crippen LogP contribution in [0.3, 0.4) is 0 Å². The van der Waals surface area contributed by atoms with Gasteiger partial charge >= 0.3 is 17.4 Å². The first-order valence-electron chi connectivity index (χ1n) is 0.667. The van der Waals surface area contributed by atoms with Crippen LogP contribution in [0.2, 0.25) is 0 Å². The van der Waals surface area contributed by atoms with Crippen LogP contribution in [0.25, 0.3) is 0 Å². The molecule has 0 bridgehead atoms. The van der Waals surface area contributed by atoms with Crippen molar-refractivity contribution in [3.05, 3.63) is 0 Å². The van der Waals surface area contributed by atoms with Crippen molar-refractivity contribution in [2.75, 3.05) is 0 Å². The third kappa shape index (κ3) is 315. The van der Waals surface area contributed by atoms with Gasteiger partial charge in [0.2, 0.25) is 0 Å². The second-order valence-corrected chi connectivity index (χ2v) is 1.22. The monoisotopic (exact) mass is 152 g/mol. The van der Waals surface area contributed by atoms with Gasteiger partial charge in [0.05, 0.1) is 0 Å². The molecule has 0 heterocycles. The average molecular weight is 152 g/mol. The summed E-state index contributed by atoms with van der Waals surface area (Å²) in [5, 5.41) is 0. The molecule has 0 saturated heterocycles. The SMILES string of the molecule is O=S(=O)([O-])[O-].[Al+3].[H-].[HH].[HH].[HH].[HH].[HH].[HH].[HH].[HH].[HH].[HH].[HH].[HH].[HH].[HH]. The van der Waals surface area contributed by atoms with Crippen LogP contribution in [0.4, 0.5) is 0 Å². The van der Waals surface area contributed by atoms with Crippen molar-refractivity contribution >= 4 is 27.8 Å². The molecule has 0 radical (unpaired) electrons. The fourth-order valence-corrected chi connectivity index (χ4v) is 0. The van der Waals surface area contributed by atoms with Gasteiger partial charge in [0.15, 0.2) is 0 Å². The molecule has 0 aromatic heterocycles. The van der Waals surface area contributed by atoms with E-state index in [1.165, 1.54) is 0 Å². The molecule has 0 aromatic carbocycles. The minimum absolute atomic E-state index is 0. The van der Waals surface area contributed by atoms with E-state index in [-0.39, 0.29) is 38.8 Å². The molecular formula is H29AlO4S. The minimum atomic E-state index is -5.17. The summed E-state index contributed by atoms with van der Waals surface area (Å²) < 4.78 is 34.1. The fourth-order valence-electron chi connectivity index (χ4n) is 0. The van der Waals surface area contributed by atoms with Gasteiger partial charge in [-0.3, -0.25) is 8.42 Å². The Hall–Kier alpha value is 0.402. The summed E-state index contributed by atoms with van der Waals surface area (Å²) in [6.07, 6.45) is 0. The average Bonchev–Trinajstić information content (AvgIpc) is 0.722. The van der Waals surface area contributed by atoms with E-state index < -0.39 is 10.4 Å². The standard InChI is InChI=1S/Al.H2O4S.14H2.H/c;1-5(2,3)4;;;;;;;;;;;;;;;/h;(H2,1,2,3,4);14*1H;/q+3;;;;;;;;;;;;;;;;-1/p-2. The van der Waals surface area contributed by atoms with Crippen LogP contribution < -0.4 is 0 Å². The van der Waals surface area contributed by atoms with E-state index >= 15 is 0 Å². The molecule has 0 rings (SSSR count). The Labute approximate surface area is 68.2 Å². The molecular weight excluding hydrogens is 123 g/mol. The first kappa shape index (κ1) is 9.64. The van der Waals surface area contributed by atoms with Gasteiger partial charge in [-0.1, -0.05) is 0 Å². The Morgan fingerprint density at radius 2 is 1.50 bits per heavy atom. The van der Waals surface area contributed by atoms with Crippen molar-refractivity contribution in [2.45, 2.75) is 0 Å². The predicted octanol–water partition coefficient (Wildman–Crippen LogP) is 1.84. The second kappa shape index (κ2) is 2.55. The van der Waals surface area contributed by atoms with Crippen molar-refractivity contribution < 1.29 is 38.9 Å². The molecule has 0 unspecified atom stereocenters. The summed E-state index contributed by atoms with van der Waals surface area (Å²) in [6.45, 7) is 0. The topological polar surface area (TPSA) is 80.3 Å². The van der Waals surface area contributed by atoms with Crippen LogP contribution in [0.1, 0.15) is 21.4 Å². The molecule has 0 fully saturated rings. The van der Waals surface area contributed by atoms with Gasteiger partial charge < -0.3 is 10.5 Å². The molecule has 0 aliphatic heterocycles. The fraction of sp³-hybridized carbons (Fsp3) is 0. The second-order valence-electron chi connectivity index (χ2n) is 0.408. The van der Waals surface area contributed by atoms with E-state index in [9.17, 15) is 0 Å². The number of hydrogen-bond acceptors (Lipinski definition) is 4. The zero-order chi connectivity index (χ0) is 4.50. The molecule has 6 heavy (non-hydrogen) atoms. The molecule has 0 atom stereocenters. The van der Waals surface area contributed by atoms with Crippen molar-refractivity contribution in [1.82, 2.24) is 0 Å². The molecule has 0 saturated carbocycles. The van der Waals surface area contributed by atoms with E-state index in [4.69, 9.17) is 17.5 Å². The van der Waals surface area contributed by atoms with Gasteiger partial charge in [-0.15, -0.1) is 0 Å². The quantitative estimate of drug-likeness (QED) is 0.301. The normalized spacial score (nSPS) is 9.67. The Bertz CT molecular complexity index is 109. The third-order valence-corrected chi connectivity index (χ3v) is 0. The largest absolute Gasteiger partial charge is 3.00 e. The van der Waals surface area contributed by atoms with Crippen molar-refractivity contribution in [2.24, 2.45) is 0 Å². The molecule has 0 aliphatic carbocycles. The van der Waals surface area contributed by atoms with E-state index in [0.717, 1.165) is 0 Å². The number of rotatable bonds is 0. The summed E-state index contributed by atoms with van der Waals surface area (Å²) in [5.41, 5.74) is 0. The maximum Gasteiger partial charge on any atom is 3.00 e. The Morgan fingerprint density at radius 3 is 1.50 bits per heavy atom.